The first-order chi connectivity index (χ1) is 9.81. The van der Waals surface area contributed by atoms with Crippen molar-refractivity contribution < 1.29 is 9.47 Å². The minimum absolute atomic E-state index is 0.252. The molecule has 5 nitrogen and oxygen atoms in total. The van der Waals surface area contributed by atoms with Gasteiger partial charge in [0.2, 0.25) is 11.8 Å². The van der Waals surface area contributed by atoms with E-state index in [1.807, 2.05) is 18.2 Å². The van der Waals surface area contributed by atoms with Crippen LogP contribution in [0.3, 0.4) is 0 Å². The molecule has 0 aromatic heterocycles. The summed E-state index contributed by atoms with van der Waals surface area (Å²) in [4.78, 5) is 11.0. The lowest BCUT2D eigenvalue weighted by molar-refractivity contribution is 0.317. The van der Waals surface area contributed by atoms with Gasteiger partial charge in [0.1, 0.15) is 13.2 Å². The van der Waals surface area contributed by atoms with Crippen LogP contribution in [0.15, 0.2) is 40.3 Å². The number of ether oxygens (including phenoxy) is 2. The second-order valence-electron chi connectivity index (χ2n) is 5.00. The van der Waals surface area contributed by atoms with Crippen LogP contribution in [0, 0.1) is 0 Å². The van der Waals surface area contributed by atoms with Crippen LogP contribution in [0.25, 0.3) is 0 Å². The molecule has 0 N–H and O–H groups in total. The molecule has 5 heteroatoms. The third-order valence-corrected chi connectivity index (χ3v) is 3.28. The largest absolute Gasteiger partial charge is 0.478 e. The Labute approximate surface area is 118 Å². The van der Waals surface area contributed by atoms with Crippen molar-refractivity contribution in [3.05, 3.63) is 30.3 Å². The van der Waals surface area contributed by atoms with Crippen LogP contribution in [-0.4, -0.2) is 50.7 Å². The lowest BCUT2D eigenvalue weighted by Crippen LogP contribution is -2.35. The maximum atomic E-state index is 5.61. The van der Waals surface area contributed by atoms with Crippen LogP contribution in [-0.2, 0) is 9.47 Å². The van der Waals surface area contributed by atoms with Crippen molar-refractivity contribution >= 4 is 17.5 Å². The van der Waals surface area contributed by atoms with E-state index in [1.54, 1.807) is 0 Å². The summed E-state index contributed by atoms with van der Waals surface area (Å²) in [6.45, 7) is 5.48. The van der Waals surface area contributed by atoms with Crippen LogP contribution in [0.4, 0.5) is 5.69 Å². The summed E-state index contributed by atoms with van der Waals surface area (Å²) >= 11 is 0. The molecule has 1 atom stereocenters. The number of rotatable bonds is 5. The Hall–Kier alpha value is -2.04. The molecule has 0 amide bonds. The molecule has 3 rings (SSSR count). The summed E-state index contributed by atoms with van der Waals surface area (Å²) in [6, 6.07) is 10.5. The van der Waals surface area contributed by atoms with Gasteiger partial charge in [-0.3, -0.25) is 4.99 Å². The standard InChI is InChI=1S/C15H19N3O2/c1-12-11-20-15(17-12)10-18(9-14-16-7-8-19-14)13-5-3-2-4-6-13/h2-6,12H,7-11H2,1H3. The van der Waals surface area contributed by atoms with Crippen molar-refractivity contribution in [2.45, 2.75) is 13.0 Å². The van der Waals surface area contributed by atoms with Crippen LogP contribution in [0.1, 0.15) is 6.92 Å². The molecular weight excluding hydrogens is 254 g/mol. The molecule has 20 heavy (non-hydrogen) atoms. The zero-order valence-electron chi connectivity index (χ0n) is 11.7. The number of anilines is 1. The predicted octanol–water partition coefficient (Wildman–Crippen LogP) is 1.74. The monoisotopic (exact) mass is 273 g/mol. The first-order valence-corrected chi connectivity index (χ1v) is 6.97. The summed E-state index contributed by atoms with van der Waals surface area (Å²) in [5, 5.41) is 0. The number of nitrogens with zero attached hydrogens (tertiary/aromatic N) is 3. The molecule has 0 saturated carbocycles. The lowest BCUT2D eigenvalue weighted by Gasteiger charge is -2.23. The summed E-state index contributed by atoms with van der Waals surface area (Å²) < 4.78 is 11.1. The Balaban J connectivity index is 1.74. The molecule has 0 aliphatic carbocycles. The van der Waals surface area contributed by atoms with Gasteiger partial charge >= 0.3 is 0 Å². The molecule has 0 saturated heterocycles. The van der Waals surface area contributed by atoms with Gasteiger partial charge in [0.25, 0.3) is 0 Å². The van der Waals surface area contributed by atoms with Crippen molar-refractivity contribution in [1.82, 2.24) is 0 Å². The maximum Gasteiger partial charge on any atom is 0.203 e. The van der Waals surface area contributed by atoms with Crippen molar-refractivity contribution in [1.29, 1.82) is 0 Å². The van der Waals surface area contributed by atoms with Gasteiger partial charge in [0.15, 0.2) is 0 Å². The number of hydrogen-bond donors (Lipinski definition) is 0. The molecular formula is C15H19N3O2. The molecule has 2 heterocycles. The zero-order chi connectivity index (χ0) is 13.8. The van der Waals surface area contributed by atoms with E-state index in [1.165, 1.54) is 0 Å². The van der Waals surface area contributed by atoms with E-state index in [4.69, 9.17) is 9.47 Å². The molecule has 1 unspecified atom stereocenters. The first-order valence-electron chi connectivity index (χ1n) is 6.97. The van der Waals surface area contributed by atoms with E-state index in [0.717, 1.165) is 24.0 Å². The highest BCUT2D eigenvalue weighted by Gasteiger charge is 2.20. The molecule has 106 valence electrons. The van der Waals surface area contributed by atoms with Crippen molar-refractivity contribution in [3.63, 3.8) is 0 Å². The van der Waals surface area contributed by atoms with Crippen LogP contribution in [0.5, 0.6) is 0 Å². The summed E-state index contributed by atoms with van der Waals surface area (Å²) in [6.07, 6.45) is 0. The van der Waals surface area contributed by atoms with Gasteiger partial charge in [-0.05, 0) is 19.1 Å². The average Bonchev–Trinajstić information content (AvgIpc) is 3.11. The molecule has 1 aromatic carbocycles. The fourth-order valence-electron chi connectivity index (χ4n) is 2.30. The minimum Gasteiger partial charge on any atom is -0.478 e. The van der Waals surface area contributed by atoms with E-state index in [-0.39, 0.29) is 6.04 Å². The van der Waals surface area contributed by atoms with E-state index < -0.39 is 0 Å². The number of benzene rings is 1. The molecule has 0 radical (unpaired) electrons. The second-order valence-corrected chi connectivity index (χ2v) is 5.00. The van der Waals surface area contributed by atoms with E-state index in [2.05, 4.69) is 33.9 Å². The Morgan fingerprint density at radius 2 is 1.95 bits per heavy atom. The van der Waals surface area contributed by atoms with Gasteiger partial charge < -0.3 is 14.4 Å². The minimum atomic E-state index is 0.252. The summed E-state index contributed by atoms with van der Waals surface area (Å²) in [5.41, 5.74) is 1.12. The average molecular weight is 273 g/mol. The second kappa shape index (κ2) is 5.94. The molecule has 2 aliphatic rings. The topological polar surface area (TPSA) is 46.4 Å². The van der Waals surface area contributed by atoms with Crippen molar-refractivity contribution in [2.75, 3.05) is 37.7 Å². The SMILES string of the molecule is CC1COC(CN(CC2=NCCO2)c2ccccc2)=N1. The van der Waals surface area contributed by atoms with Gasteiger partial charge in [-0.25, -0.2) is 4.99 Å². The van der Waals surface area contributed by atoms with Gasteiger partial charge in [-0.15, -0.1) is 0 Å². The molecule has 0 bridgehead atoms. The Morgan fingerprint density at radius 1 is 1.15 bits per heavy atom. The summed E-state index contributed by atoms with van der Waals surface area (Å²) in [7, 11) is 0. The van der Waals surface area contributed by atoms with Crippen LogP contribution < -0.4 is 4.90 Å². The van der Waals surface area contributed by atoms with Crippen LogP contribution >= 0.6 is 0 Å². The number of para-hydroxylation sites is 1. The van der Waals surface area contributed by atoms with Gasteiger partial charge in [-0.1, -0.05) is 18.2 Å². The quantitative estimate of drug-likeness (QED) is 0.821. The Morgan fingerprint density at radius 3 is 2.60 bits per heavy atom. The molecule has 0 spiro atoms. The van der Waals surface area contributed by atoms with E-state index in [0.29, 0.717) is 26.3 Å². The highest BCUT2D eigenvalue weighted by atomic mass is 16.5. The third-order valence-electron chi connectivity index (χ3n) is 3.28. The van der Waals surface area contributed by atoms with Crippen molar-refractivity contribution in [2.24, 2.45) is 9.98 Å². The van der Waals surface area contributed by atoms with Crippen LogP contribution in [0.2, 0.25) is 0 Å². The van der Waals surface area contributed by atoms with Gasteiger partial charge in [0, 0.05) is 5.69 Å². The summed E-state index contributed by atoms with van der Waals surface area (Å²) in [5.74, 6) is 1.58. The first kappa shape index (κ1) is 13.0. The lowest BCUT2D eigenvalue weighted by atomic mass is 10.3. The third kappa shape index (κ3) is 3.10. The maximum absolute atomic E-state index is 5.61. The fourth-order valence-corrected chi connectivity index (χ4v) is 2.30. The Kier molecular flexibility index (Phi) is 3.85. The van der Waals surface area contributed by atoms with Gasteiger partial charge in [0.05, 0.1) is 25.7 Å². The molecule has 1 aromatic rings. The number of aliphatic imine (C=N–C) groups is 2. The highest BCUT2D eigenvalue weighted by molar-refractivity contribution is 5.87. The van der Waals surface area contributed by atoms with E-state index in [9.17, 15) is 0 Å². The normalized spacial score (nSPS) is 20.9. The van der Waals surface area contributed by atoms with Crippen molar-refractivity contribution in [3.8, 4) is 0 Å². The smallest absolute Gasteiger partial charge is 0.203 e. The fraction of sp³-hybridized carbons (Fsp3) is 0.467. The molecule has 2 aliphatic heterocycles. The Bertz CT molecular complexity index is 513. The zero-order valence-corrected chi connectivity index (χ0v) is 11.7. The number of hydrogen-bond acceptors (Lipinski definition) is 5. The predicted molar refractivity (Wildman–Crippen MR) is 79.8 cm³/mol. The molecule has 0 fully saturated rings. The van der Waals surface area contributed by atoms with E-state index >= 15 is 0 Å². The highest BCUT2D eigenvalue weighted by Crippen LogP contribution is 2.16. The van der Waals surface area contributed by atoms with Gasteiger partial charge in [-0.2, -0.15) is 0 Å².